The van der Waals surface area contributed by atoms with Gasteiger partial charge in [0.2, 0.25) is 0 Å². The van der Waals surface area contributed by atoms with Gasteiger partial charge < -0.3 is 10.1 Å². The monoisotopic (exact) mass is 349 g/mol. The number of hydrogen-bond donors (Lipinski definition) is 1. The number of aromatic nitrogens is 4. The third-order valence-corrected chi connectivity index (χ3v) is 4.43. The molecule has 7 nitrogen and oxygen atoms in total. The number of tetrazole rings is 1. The number of methoxy groups -OCH3 is 1. The van der Waals surface area contributed by atoms with E-state index in [4.69, 9.17) is 4.74 Å². The van der Waals surface area contributed by atoms with Crippen molar-refractivity contribution in [3.05, 3.63) is 53.6 Å². The molecule has 1 fully saturated rings. The van der Waals surface area contributed by atoms with Crippen molar-refractivity contribution < 1.29 is 9.53 Å². The van der Waals surface area contributed by atoms with Crippen LogP contribution < -0.4 is 10.1 Å². The second-order valence-corrected chi connectivity index (χ2v) is 6.40. The van der Waals surface area contributed by atoms with Crippen LogP contribution >= 0.6 is 0 Å². The van der Waals surface area contributed by atoms with Crippen LogP contribution in [0.1, 0.15) is 34.8 Å². The number of nitrogens with zero attached hydrogens (tertiary/aromatic N) is 4. The summed E-state index contributed by atoms with van der Waals surface area (Å²) in [5, 5.41) is 14.9. The smallest absolute Gasteiger partial charge is 0.255 e. The zero-order chi connectivity index (χ0) is 18.1. The first-order valence-corrected chi connectivity index (χ1v) is 8.50. The molecule has 0 unspecified atom stereocenters. The number of nitrogens with one attached hydrogen (secondary N) is 1. The lowest BCUT2D eigenvalue weighted by Crippen LogP contribution is -2.12. The van der Waals surface area contributed by atoms with Crippen molar-refractivity contribution in [2.24, 2.45) is 0 Å². The normalized spacial score (nSPS) is 13.5. The van der Waals surface area contributed by atoms with Crippen molar-refractivity contribution in [3.63, 3.8) is 0 Å². The lowest BCUT2D eigenvalue weighted by molar-refractivity contribution is 0.102. The van der Waals surface area contributed by atoms with Crippen LogP contribution in [0.2, 0.25) is 0 Å². The van der Waals surface area contributed by atoms with Gasteiger partial charge in [0.15, 0.2) is 5.82 Å². The fraction of sp³-hybridized carbons (Fsp3) is 0.263. The number of benzene rings is 2. The Balaban J connectivity index is 1.57. The van der Waals surface area contributed by atoms with E-state index in [0.29, 0.717) is 23.0 Å². The second-order valence-electron chi connectivity index (χ2n) is 6.40. The van der Waals surface area contributed by atoms with Crippen molar-refractivity contribution >= 4 is 11.6 Å². The van der Waals surface area contributed by atoms with Gasteiger partial charge in [-0.05, 0) is 60.0 Å². The molecule has 7 heteroatoms. The van der Waals surface area contributed by atoms with E-state index in [0.717, 1.165) is 29.8 Å². The van der Waals surface area contributed by atoms with Gasteiger partial charge >= 0.3 is 0 Å². The van der Waals surface area contributed by atoms with Gasteiger partial charge in [-0.25, -0.2) is 4.68 Å². The summed E-state index contributed by atoms with van der Waals surface area (Å²) in [6.07, 6.45) is 2.20. The molecule has 1 N–H and O–H groups in total. The molecule has 0 bridgehead atoms. The summed E-state index contributed by atoms with van der Waals surface area (Å²) in [4.78, 5) is 12.6. The number of anilines is 1. The summed E-state index contributed by atoms with van der Waals surface area (Å²) in [5.74, 6) is 1.22. The molecular formula is C19H19N5O2. The van der Waals surface area contributed by atoms with Gasteiger partial charge in [0.05, 0.1) is 13.2 Å². The molecule has 3 aromatic rings. The summed E-state index contributed by atoms with van der Waals surface area (Å²) in [7, 11) is 1.59. The molecule has 0 atom stereocenters. The zero-order valence-electron chi connectivity index (χ0n) is 14.6. The fourth-order valence-electron chi connectivity index (χ4n) is 2.85. The Bertz CT molecular complexity index is 962. The summed E-state index contributed by atoms with van der Waals surface area (Å²) in [6, 6.07) is 13.3. The predicted octanol–water partition coefficient (Wildman–Crippen LogP) is 3.24. The Kier molecular flexibility index (Phi) is 4.12. The standard InChI is InChI=1S/C19H19N5O2/c1-12-6-7-14(11-17(12)26-2)19(25)20-15-5-3-4-13(10-15)18-21-22-23-24(18)16-8-9-16/h3-7,10-11,16H,8-9H2,1-2H3,(H,20,25). The van der Waals surface area contributed by atoms with E-state index in [9.17, 15) is 4.79 Å². The molecule has 0 radical (unpaired) electrons. The Morgan fingerprint density at radius 3 is 2.85 bits per heavy atom. The SMILES string of the molecule is COc1cc(C(=O)Nc2cccc(-c3nnnn3C3CC3)c2)ccc1C. The minimum Gasteiger partial charge on any atom is -0.496 e. The van der Waals surface area contributed by atoms with Crippen LogP contribution in [0.25, 0.3) is 11.4 Å². The van der Waals surface area contributed by atoms with Gasteiger partial charge in [-0.1, -0.05) is 18.2 Å². The molecule has 2 aromatic carbocycles. The first-order chi connectivity index (χ1) is 12.7. The molecule has 0 spiro atoms. The molecular weight excluding hydrogens is 330 g/mol. The maximum absolute atomic E-state index is 12.6. The molecule has 1 amide bonds. The van der Waals surface area contributed by atoms with Crippen LogP contribution in [0.5, 0.6) is 5.75 Å². The molecule has 4 rings (SSSR count). The quantitative estimate of drug-likeness (QED) is 0.765. The molecule has 1 saturated carbocycles. The van der Waals surface area contributed by atoms with E-state index < -0.39 is 0 Å². The molecule has 0 aliphatic heterocycles. The Morgan fingerprint density at radius 2 is 2.08 bits per heavy atom. The van der Waals surface area contributed by atoms with Crippen LogP contribution in [0.3, 0.4) is 0 Å². The lowest BCUT2D eigenvalue weighted by Gasteiger charge is -2.10. The Morgan fingerprint density at radius 1 is 1.23 bits per heavy atom. The average molecular weight is 349 g/mol. The minimum absolute atomic E-state index is 0.192. The number of amides is 1. The van der Waals surface area contributed by atoms with Crippen LogP contribution in [0.4, 0.5) is 5.69 Å². The van der Waals surface area contributed by atoms with Crippen LogP contribution in [0.15, 0.2) is 42.5 Å². The summed E-state index contributed by atoms with van der Waals surface area (Å²) < 4.78 is 7.14. The van der Waals surface area contributed by atoms with Gasteiger partial charge in [-0.2, -0.15) is 0 Å². The molecule has 0 saturated heterocycles. The average Bonchev–Trinajstić information content (AvgIpc) is 3.38. The van der Waals surface area contributed by atoms with Gasteiger partial charge in [0.1, 0.15) is 5.75 Å². The molecule has 26 heavy (non-hydrogen) atoms. The van der Waals surface area contributed by atoms with Crippen molar-refractivity contribution in [3.8, 4) is 17.1 Å². The highest BCUT2D eigenvalue weighted by Crippen LogP contribution is 2.36. The number of hydrogen-bond acceptors (Lipinski definition) is 5. The number of ether oxygens (including phenoxy) is 1. The van der Waals surface area contributed by atoms with Gasteiger partial charge in [-0.3, -0.25) is 4.79 Å². The number of rotatable bonds is 5. The lowest BCUT2D eigenvalue weighted by atomic mass is 10.1. The van der Waals surface area contributed by atoms with Gasteiger partial charge in [0.25, 0.3) is 5.91 Å². The zero-order valence-corrected chi connectivity index (χ0v) is 14.6. The second kappa shape index (κ2) is 6.59. The Labute approximate surface area is 151 Å². The van der Waals surface area contributed by atoms with Crippen molar-refractivity contribution in [2.45, 2.75) is 25.8 Å². The van der Waals surface area contributed by atoms with E-state index in [1.165, 1.54) is 0 Å². The van der Waals surface area contributed by atoms with Crippen LogP contribution in [-0.4, -0.2) is 33.2 Å². The topological polar surface area (TPSA) is 81.9 Å². The van der Waals surface area contributed by atoms with E-state index in [1.807, 2.05) is 41.9 Å². The van der Waals surface area contributed by atoms with E-state index in [1.54, 1.807) is 19.2 Å². The van der Waals surface area contributed by atoms with Crippen molar-refractivity contribution in [2.75, 3.05) is 12.4 Å². The first kappa shape index (κ1) is 16.3. The number of aryl methyl sites for hydroxylation is 1. The highest BCUT2D eigenvalue weighted by Gasteiger charge is 2.28. The summed E-state index contributed by atoms with van der Waals surface area (Å²) in [5.41, 5.74) is 3.09. The largest absolute Gasteiger partial charge is 0.496 e. The number of carbonyl (C=O) groups is 1. The Hall–Kier alpha value is -3.22. The van der Waals surface area contributed by atoms with Crippen molar-refractivity contribution in [1.29, 1.82) is 0 Å². The maximum atomic E-state index is 12.6. The third-order valence-electron chi connectivity index (χ3n) is 4.43. The molecule has 1 aliphatic carbocycles. The van der Waals surface area contributed by atoms with Crippen molar-refractivity contribution in [1.82, 2.24) is 20.2 Å². The predicted molar refractivity (Wildman–Crippen MR) is 97.2 cm³/mol. The van der Waals surface area contributed by atoms with Gasteiger partial charge in [0, 0.05) is 16.8 Å². The number of carbonyl (C=O) groups excluding carboxylic acids is 1. The fourth-order valence-corrected chi connectivity index (χ4v) is 2.85. The third kappa shape index (κ3) is 3.15. The van der Waals surface area contributed by atoms with E-state index in [-0.39, 0.29) is 5.91 Å². The van der Waals surface area contributed by atoms with E-state index >= 15 is 0 Å². The highest BCUT2D eigenvalue weighted by atomic mass is 16.5. The maximum Gasteiger partial charge on any atom is 0.255 e. The molecule has 1 aliphatic rings. The summed E-state index contributed by atoms with van der Waals surface area (Å²) in [6.45, 7) is 1.94. The highest BCUT2D eigenvalue weighted by molar-refractivity contribution is 6.04. The van der Waals surface area contributed by atoms with E-state index in [2.05, 4.69) is 20.8 Å². The molecule has 132 valence electrons. The van der Waals surface area contributed by atoms with Gasteiger partial charge in [-0.15, -0.1) is 5.10 Å². The molecule has 1 aromatic heterocycles. The first-order valence-electron chi connectivity index (χ1n) is 8.50. The van der Waals surface area contributed by atoms with Crippen LogP contribution in [0, 0.1) is 6.92 Å². The van der Waals surface area contributed by atoms with Crippen LogP contribution in [-0.2, 0) is 0 Å². The summed E-state index contributed by atoms with van der Waals surface area (Å²) >= 11 is 0. The minimum atomic E-state index is -0.192. The molecule has 1 heterocycles.